The predicted molar refractivity (Wildman–Crippen MR) is 94.9 cm³/mol. The molecular weight excluding hydrogens is 320 g/mol. The zero-order chi connectivity index (χ0) is 18.2. The van der Waals surface area contributed by atoms with E-state index in [1.807, 2.05) is 6.07 Å². The number of methoxy groups -OCH3 is 2. The molecule has 25 heavy (non-hydrogen) atoms. The zero-order valence-corrected chi connectivity index (χ0v) is 14.4. The number of ketones is 1. The van der Waals surface area contributed by atoms with E-state index >= 15 is 0 Å². The topological polar surface area (TPSA) is 61.8 Å². The van der Waals surface area contributed by atoms with Crippen molar-refractivity contribution >= 4 is 17.8 Å². The third-order valence-electron chi connectivity index (χ3n) is 3.56. The van der Waals surface area contributed by atoms with Gasteiger partial charge in [0.25, 0.3) is 0 Å². The Balaban J connectivity index is 2.02. The minimum absolute atomic E-state index is 0.246. The van der Waals surface area contributed by atoms with Gasteiger partial charge in [-0.25, -0.2) is 4.79 Å². The molecule has 0 N–H and O–H groups in total. The molecule has 130 valence electrons. The Bertz CT molecular complexity index is 765. The summed E-state index contributed by atoms with van der Waals surface area (Å²) in [6.45, 7) is 1.55. The molecule has 0 unspecified atom stereocenters. The summed E-state index contributed by atoms with van der Waals surface area (Å²) in [6, 6.07) is 13.9. The first-order valence-electron chi connectivity index (χ1n) is 7.75. The predicted octanol–water partition coefficient (Wildman–Crippen LogP) is 3.53. The highest BCUT2D eigenvalue weighted by Gasteiger charge is 2.18. The molecule has 0 aromatic heterocycles. The van der Waals surface area contributed by atoms with Gasteiger partial charge in [-0.15, -0.1) is 0 Å². The first-order chi connectivity index (χ1) is 12.0. The second-order valence-corrected chi connectivity index (χ2v) is 5.25. The molecule has 0 radical (unpaired) electrons. The van der Waals surface area contributed by atoms with E-state index in [-0.39, 0.29) is 5.78 Å². The summed E-state index contributed by atoms with van der Waals surface area (Å²) in [4.78, 5) is 24.1. The van der Waals surface area contributed by atoms with Gasteiger partial charge in [0.05, 0.1) is 14.2 Å². The molecule has 0 saturated carbocycles. The Morgan fingerprint density at radius 3 is 2.36 bits per heavy atom. The van der Waals surface area contributed by atoms with Crippen LogP contribution in [0, 0.1) is 0 Å². The van der Waals surface area contributed by atoms with Crippen LogP contribution < -0.4 is 9.47 Å². The number of benzene rings is 2. The molecule has 0 spiro atoms. The molecule has 0 aliphatic rings. The van der Waals surface area contributed by atoms with Gasteiger partial charge >= 0.3 is 5.97 Å². The molecule has 2 aromatic carbocycles. The van der Waals surface area contributed by atoms with Crippen LogP contribution in [0.5, 0.6) is 11.5 Å². The Hall–Kier alpha value is -3.08. The Labute approximate surface area is 146 Å². The smallest absolute Gasteiger partial charge is 0.331 e. The van der Waals surface area contributed by atoms with Gasteiger partial charge in [0, 0.05) is 23.3 Å². The molecule has 2 aromatic rings. The van der Waals surface area contributed by atoms with Crippen molar-refractivity contribution in [3.8, 4) is 11.5 Å². The van der Waals surface area contributed by atoms with Crippen molar-refractivity contribution in [2.75, 3.05) is 14.2 Å². The Morgan fingerprint density at radius 1 is 1.00 bits per heavy atom. The summed E-state index contributed by atoms with van der Waals surface area (Å²) in [5, 5.41) is 0. The molecule has 1 atom stereocenters. The molecule has 2 rings (SSSR count). The maximum atomic E-state index is 12.2. The number of carbonyl (C=O) groups excluding carboxylic acids is 2. The SMILES string of the molecule is COc1ccc(/C=C/C(=O)O[C@H](C)C(=O)c2ccccc2)c(OC)c1. The molecule has 0 aliphatic heterocycles. The van der Waals surface area contributed by atoms with Gasteiger partial charge < -0.3 is 14.2 Å². The summed E-state index contributed by atoms with van der Waals surface area (Å²) in [7, 11) is 3.10. The minimum atomic E-state index is -0.864. The van der Waals surface area contributed by atoms with Gasteiger partial charge in [-0.05, 0) is 25.1 Å². The van der Waals surface area contributed by atoms with Crippen LogP contribution in [0.1, 0.15) is 22.8 Å². The summed E-state index contributed by atoms with van der Waals surface area (Å²) < 4.78 is 15.6. The lowest BCUT2D eigenvalue weighted by molar-refractivity contribution is -0.140. The van der Waals surface area contributed by atoms with E-state index in [1.165, 1.54) is 13.2 Å². The van der Waals surface area contributed by atoms with E-state index in [1.54, 1.807) is 62.6 Å². The molecule has 0 amide bonds. The first kappa shape index (κ1) is 18.3. The monoisotopic (exact) mass is 340 g/mol. The lowest BCUT2D eigenvalue weighted by atomic mass is 10.1. The summed E-state index contributed by atoms with van der Waals surface area (Å²) in [5.74, 6) is 0.370. The van der Waals surface area contributed by atoms with Crippen molar-refractivity contribution < 1.29 is 23.8 Å². The standard InChI is InChI=1S/C20H20O5/c1-14(20(22)16-7-5-4-6-8-16)25-19(21)12-10-15-9-11-17(23-2)13-18(15)24-3/h4-14H,1-3H3/b12-10+/t14-/m1/s1. The fourth-order valence-electron chi connectivity index (χ4n) is 2.22. The van der Waals surface area contributed by atoms with Gasteiger partial charge in [-0.3, -0.25) is 4.79 Å². The van der Waals surface area contributed by atoms with Crippen LogP contribution >= 0.6 is 0 Å². The van der Waals surface area contributed by atoms with E-state index in [0.717, 1.165) is 0 Å². The third-order valence-corrected chi connectivity index (χ3v) is 3.56. The van der Waals surface area contributed by atoms with E-state index < -0.39 is 12.1 Å². The van der Waals surface area contributed by atoms with E-state index in [2.05, 4.69) is 0 Å². The number of rotatable bonds is 7. The average molecular weight is 340 g/mol. The van der Waals surface area contributed by atoms with Crippen LogP contribution in [-0.4, -0.2) is 32.1 Å². The quantitative estimate of drug-likeness (QED) is 0.438. The number of Topliss-reactive ketones (excluding diaryl/α,β-unsaturated/α-hetero) is 1. The van der Waals surface area contributed by atoms with Crippen LogP contribution in [0.25, 0.3) is 6.08 Å². The lowest BCUT2D eigenvalue weighted by Gasteiger charge is -2.11. The third kappa shape index (κ3) is 4.94. The van der Waals surface area contributed by atoms with Gasteiger partial charge in [0.2, 0.25) is 5.78 Å². The molecule has 0 heterocycles. The van der Waals surface area contributed by atoms with Crippen molar-refractivity contribution in [1.29, 1.82) is 0 Å². The van der Waals surface area contributed by atoms with Crippen LogP contribution in [0.3, 0.4) is 0 Å². The summed E-state index contributed by atoms with van der Waals surface area (Å²) in [5.41, 5.74) is 1.20. The van der Waals surface area contributed by atoms with Crippen molar-refractivity contribution in [2.24, 2.45) is 0 Å². The van der Waals surface area contributed by atoms with Crippen LogP contribution in [0.15, 0.2) is 54.6 Å². The maximum Gasteiger partial charge on any atom is 0.331 e. The number of ether oxygens (including phenoxy) is 3. The minimum Gasteiger partial charge on any atom is -0.497 e. The fourth-order valence-corrected chi connectivity index (χ4v) is 2.22. The summed E-state index contributed by atoms with van der Waals surface area (Å²) in [6.07, 6.45) is 1.97. The Morgan fingerprint density at radius 2 is 1.72 bits per heavy atom. The van der Waals surface area contributed by atoms with Crippen LogP contribution in [0.2, 0.25) is 0 Å². The lowest BCUT2D eigenvalue weighted by Crippen LogP contribution is -2.23. The second kappa shape index (κ2) is 8.68. The number of hydrogen-bond acceptors (Lipinski definition) is 5. The largest absolute Gasteiger partial charge is 0.497 e. The molecule has 0 fully saturated rings. The average Bonchev–Trinajstić information content (AvgIpc) is 2.66. The molecule has 5 heteroatoms. The number of esters is 1. The molecule has 5 nitrogen and oxygen atoms in total. The highest BCUT2D eigenvalue weighted by atomic mass is 16.5. The normalized spacial score (nSPS) is 11.8. The van der Waals surface area contributed by atoms with E-state index in [4.69, 9.17) is 14.2 Å². The number of carbonyl (C=O) groups is 2. The second-order valence-electron chi connectivity index (χ2n) is 5.25. The number of hydrogen-bond donors (Lipinski definition) is 0. The summed E-state index contributed by atoms with van der Waals surface area (Å²) >= 11 is 0. The van der Waals surface area contributed by atoms with E-state index in [9.17, 15) is 9.59 Å². The molecular formula is C20H20O5. The van der Waals surface area contributed by atoms with Gasteiger partial charge in [-0.2, -0.15) is 0 Å². The van der Waals surface area contributed by atoms with E-state index in [0.29, 0.717) is 22.6 Å². The van der Waals surface area contributed by atoms with Gasteiger partial charge in [-0.1, -0.05) is 30.3 Å². The first-order valence-corrected chi connectivity index (χ1v) is 7.75. The Kier molecular flexibility index (Phi) is 6.34. The highest BCUT2D eigenvalue weighted by Crippen LogP contribution is 2.25. The van der Waals surface area contributed by atoms with Crippen molar-refractivity contribution in [3.63, 3.8) is 0 Å². The molecule has 0 saturated heterocycles. The zero-order valence-electron chi connectivity index (χ0n) is 14.4. The molecule has 0 aliphatic carbocycles. The highest BCUT2D eigenvalue weighted by molar-refractivity contribution is 6.01. The van der Waals surface area contributed by atoms with Crippen molar-refractivity contribution in [2.45, 2.75) is 13.0 Å². The van der Waals surface area contributed by atoms with Crippen LogP contribution in [0.4, 0.5) is 0 Å². The van der Waals surface area contributed by atoms with Crippen molar-refractivity contribution in [1.82, 2.24) is 0 Å². The van der Waals surface area contributed by atoms with Gasteiger partial charge in [0.15, 0.2) is 6.10 Å². The maximum absolute atomic E-state index is 12.2. The van der Waals surface area contributed by atoms with Crippen molar-refractivity contribution in [3.05, 3.63) is 65.7 Å². The van der Waals surface area contributed by atoms with Gasteiger partial charge in [0.1, 0.15) is 11.5 Å². The van der Waals surface area contributed by atoms with Crippen LogP contribution in [-0.2, 0) is 9.53 Å². The molecule has 0 bridgehead atoms. The fraction of sp³-hybridized carbons (Fsp3) is 0.200.